The zero-order chi connectivity index (χ0) is 26.3. The molecule has 37 heavy (non-hydrogen) atoms. The van der Waals surface area contributed by atoms with Crippen molar-refractivity contribution in [2.75, 3.05) is 24.6 Å². The quantitative estimate of drug-likeness (QED) is 0.180. The fraction of sp³-hybridized carbons (Fsp3) is 0.355. The number of esters is 1. The highest BCUT2D eigenvalue weighted by Gasteiger charge is 2.16. The number of hydrogen-bond donors (Lipinski definition) is 1. The number of nitrogens with zero attached hydrogens (tertiary/aromatic N) is 1. The molecular weight excluding hydrogens is 480 g/mol. The van der Waals surface area contributed by atoms with Crippen LogP contribution in [-0.2, 0) is 22.4 Å². The largest absolute Gasteiger partial charge is 0.466 e. The molecule has 1 N–H and O–H groups in total. The minimum Gasteiger partial charge on any atom is -0.466 e. The average Bonchev–Trinajstić information content (AvgIpc) is 2.91. The summed E-state index contributed by atoms with van der Waals surface area (Å²) in [6.07, 6.45) is 5.55. The van der Waals surface area contributed by atoms with Gasteiger partial charge in [0.1, 0.15) is 0 Å². The van der Waals surface area contributed by atoms with Crippen LogP contribution >= 0.6 is 11.8 Å². The average molecular weight is 519 g/mol. The fourth-order valence-electron chi connectivity index (χ4n) is 3.98. The number of nitrogens with one attached hydrogen (secondary N) is 1. The van der Waals surface area contributed by atoms with Crippen LogP contribution in [-0.4, -0.2) is 31.7 Å². The van der Waals surface area contributed by atoms with E-state index >= 15 is 0 Å². The Kier molecular flexibility index (Phi) is 12.1. The molecule has 0 radical (unpaired) electrons. The molecule has 3 aromatic carbocycles. The topological polar surface area (TPSA) is 58.6 Å². The molecule has 6 heteroatoms. The van der Waals surface area contributed by atoms with Crippen LogP contribution in [0.5, 0.6) is 0 Å². The van der Waals surface area contributed by atoms with E-state index < -0.39 is 0 Å². The van der Waals surface area contributed by atoms with Gasteiger partial charge >= 0.3 is 12.0 Å². The van der Waals surface area contributed by atoms with Gasteiger partial charge in [-0.1, -0.05) is 86.5 Å². The number of unbranched alkanes of at least 4 members (excludes halogenated alkanes) is 3. The minimum atomic E-state index is -0.213. The zero-order valence-electron chi connectivity index (χ0n) is 21.9. The highest BCUT2D eigenvalue weighted by Crippen LogP contribution is 2.31. The van der Waals surface area contributed by atoms with Gasteiger partial charge in [0, 0.05) is 28.6 Å². The third-order valence-electron chi connectivity index (χ3n) is 5.96. The second kappa shape index (κ2) is 15.8. The molecule has 0 aliphatic heterocycles. The molecule has 0 saturated carbocycles. The number of anilines is 1. The first kappa shape index (κ1) is 28.3. The van der Waals surface area contributed by atoms with Crippen LogP contribution in [0.1, 0.15) is 50.7 Å². The maximum atomic E-state index is 13.2. The number of hydrogen-bond acceptors (Lipinski definition) is 4. The molecule has 0 aliphatic carbocycles. The lowest BCUT2D eigenvalue weighted by Gasteiger charge is -2.24. The molecule has 0 spiro atoms. The van der Waals surface area contributed by atoms with Gasteiger partial charge in [0.2, 0.25) is 0 Å². The molecule has 0 aromatic heterocycles. The van der Waals surface area contributed by atoms with Crippen LogP contribution in [0.25, 0.3) is 0 Å². The summed E-state index contributed by atoms with van der Waals surface area (Å²) < 4.78 is 5.03. The molecule has 5 nitrogen and oxygen atoms in total. The summed E-state index contributed by atoms with van der Waals surface area (Å²) in [6, 6.07) is 26.3. The third kappa shape index (κ3) is 9.96. The van der Waals surface area contributed by atoms with E-state index in [0.29, 0.717) is 19.7 Å². The second-order valence-corrected chi connectivity index (χ2v) is 10.1. The third-order valence-corrected chi connectivity index (χ3v) is 6.96. The number of benzene rings is 3. The lowest BCUT2D eigenvalue weighted by Crippen LogP contribution is -2.41. The molecule has 0 saturated heterocycles. The Morgan fingerprint density at radius 2 is 1.62 bits per heavy atom. The lowest BCUT2D eigenvalue weighted by molar-refractivity contribution is -0.142. The smallest absolute Gasteiger partial charge is 0.321 e. The fourth-order valence-corrected chi connectivity index (χ4v) is 4.85. The van der Waals surface area contributed by atoms with Gasteiger partial charge in [0.15, 0.2) is 0 Å². The molecule has 3 aromatic rings. The second-order valence-electron chi connectivity index (χ2n) is 8.90. The van der Waals surface area contributed by atoms with Gasteiger partial charge in [0.25, 0.3) is 0 Å². The van der Waals surface area contributed by atoms with Crippen LogP contribution < -0.4 is 10.2 Å². The number of carbonyl (C=O) groups is 2. The highest BCUT2D eigenvalue weighted by atomic mass is 32.2. The van der Waals surface area contributed by atoms with Crippen molar-refractivity contribution in [2.24, 2.45) is 0 Å². The molecule has 0 unspecified atom stereocenters. The van der Waals surface area contributed by atoms with Gasteiger partial charge in [-0.3, -0.25) is 9.69 Å². The number of rotatable bonds is 14. The summed E-state index contributed by atoms with van der Waals surface area (Å²) in [6.45, 7) is 5.68. The van der Waals surface area contributed by atoms with Crippen molar-refractivity contribution in [3.05, 3.63) is 90.0 Å². The first-order valence-corrected chi connectivity index (χ1v) is 14.0. The van der Waals surface area contributed by atoms with Crippen molar-refractivity contribution in [3.63, 3.8) is 0 Å². The Labute approximate surface area is 225 Å². The number of carbonyl (C=O) groups excluding carboxylic acids is 2. The van der Waals surface area contributed by atoms with Crippen molar-refractivity contribution in [2.45, 2.75) is 62.2 Å². The first-order valence-electron chi connectivity index (χ1n) is 13.2. The van der Waals surface area contributed by atoms with Gasteiger partial charge in [0.05, 0.1) is 13.0 Å². The highest BCUT2D eigenvalue weighted by molar-refractivity contribution is 7.99. The predicted molar refractivity (Wildman–Crippen MR) is 152 cm³/mol. The zero-order valence-corrected chi connectivity index (χ0v) is 22.8. The molecule has 2 amide bonds. The molecule has 0 aliphatic rings. The minimum absolute atomic E-state index is 0.0575. The molecule has 196 valence electrons. The maximum absolute atomic E-state index is 13.2. The Morgan fingerprint density at radius 1 is 0.838 bits per heavy atom. The van der Waals surface area contributed by atoms with Crippen LogP contribution in [0.3, 0.4) is 0 Å². The lowest BCUT2D eigenvalue weighted by atomic mass is 10.1. The van der Waals surface area contributed by atoms with E-state index in [9.17, 15) is 9.59 Å². The van der Waals surface area contributed by atoms with Gasteiger partial charge in [-0.25, -0.2) is 4.79 Å². The van der Waals surface area contributed by atoms with Crippen LogP contribution in [0.2, 0.25) is 0 Å². The Balaban J connectivity index is 1.69. The summed E-state index contributed by atoms with van der Waals surface area (Å²) in [4.78, 5) is 28.9. The van der Waals surface area contributed by atoms with E-state index in [4.69, 9.17) is 4.74 Å². The van der Waals surface area contributed by atoms with E-state index in [0.717, 1.165) is 40.3 Å². The summed E-state index contributed by atoms with van der Waals surface area (Å²) in [5, 5.41) is 3.12. The summed E-state index contributed by atoms with van der Waals surface area (Å²) >= 11 is 1.64. The number of urea groups is 1. The van der Waals surface area contributed by atoms with Gasteiger partial charge in [-0.15, -0.1) is 0 Å². The standard InChI is InChI=1S/C31H38N2O3S/c1-3-5-6-10-21-32-31(35)33(22-20-25-12-8-7-9-13-25)27-14-11-15-29(24-27)37-28-18-16-26(17-19-28)23-30(34)36-4-2/h7-9,11-19,24H,3-6,10,20-23H2,1-2H3,(H,32,35). The van der Waals surface area contributed by atoms with Crippen molar-refractivity contribution in [1.29, 1.82) is 0 Å². The van der Waals surface area contributed by atoms with Crippen molar-refractivity contribution >= 4 is 29.4 Å². The first-order chi connectivity index (χ1) is 18.1. The maximum Gasteiger partial charge on any atom is 0.321 e. The van der Waals surface area contributed by atoms with E-state index in [2.05, 4.69) is 36.5 Å². The van der Waals surface area contributed by atoms with E-state index in [1.165, 1.54) is 18.4 Å². The Morgan fingerprint density at radius 3 is 2.35 bits per heavy atom. The Bertz CT molecular complexity index is 1100. The normalized spacial score (nSPS) is 10.6. The SMILES string of the molecule is CCCCCCNC(=O)N(CCc1ccccc1)c1cccc(Sc2ccc(CC(=O)OCC)cc2)c1. The summed E-state index contributed by atoms with van der Waals surface area (Å²) in [5.74, 6) is -0.213. The number of amides is 2. The van der Waals surface area contributed by atoms with Crippen LogP contribution in [0.15, 0.2) is 88.7 Å². The summed E-state index contributed by atoms with van der Waals surface area (Å²) in [5.41, 5.74) is 3.02. The van der Waals surface area contributed by atoms with Crippen LogP contribution in [0.4, 0.5) is 10.5 Å². The summed E-state index contributed by atoms with van der Waals surface area (Å²) in [7, 11) is 0. The van der Waals surface area contributed by atoms with Gasteiger partial charge < -0.3 is 10.1 Å². The van der Waals surface area contributed by atoms with Crippen molar-refractivity contribution in [1.82, 2.24) is 5.32 Å². The van der Waals surface area contributed by atoms with E-state index in [1.807, 2.05) is 66.4 Å². The molecule has 3 rings (SSSR count). The monoisotopic (exact) mass is 518 g/mol. The van der Waals surface area contributed by atoms with Crippen molar-refractivity contribution < 1.29 is 14.3 Å². The molecule has 0 heterocycles. The predicted octanol–water partition coefficient (Wildman–Crippen LogP) is 7.28. The number of ether oxygens (including phenoxy) is 1. The Hall–Kier alpha value is -3.25. The van der Waals surface area contributed by atoms with Crippen LogP contribution in [0, 0.1) is 0 Å². The molecule has 0 bridgehead atoms. The van der Waals surface area contributed by atoms with Gasteiger partial charge in [-0.2, -0.15) is 0 Å². The molecule has 0 fully saturated rings. The van der Waals surface area contributed by atoms with Crippen molar-refractivity contribution in [3.8, 4) is 0 Å². The molecular formula is C31H38N2O3S. The van der Waals surface area contributed by atoms with E-state index in [1.54, 1.807) is 11.8 Å². The van der Waals surface area contributed by atoms with E-state index in [-0.39, 0.29) is 18.4 Å². The van der Waals surface area contributed by atoms with Gasteiger partial charge in [-0.05, 0) is 61.2 Å². The molecule has 0 atom stereocenters.